The number of anilines is 1. The number of amides is 1. The Morgan fingerprint density at radius 1 is 0.929 bits per heavy atom. The van der Waals surface area contributed by atoms with Crippen LogP contribution < -0.4 is 4.90 Å². The molecule has 0 saturated carbocycles. The number of para-hydroxylation sites is 1. The highest BCUT2D eigenvalue weighted by atomic mass is 35.5. The van der Waals surface area contributed by atoms with Crippen LogP contribution in [-0.2, 0) is 11.3 Å². The first kappa shape index (κ1) is 19.3. The first-order valence-electron chi connectivity index (χ1n) is 10.3. The van der Waals surface area contributed by atoms with Crippen molar-refractivity contribution in [1.82, 2.24) is 9.80 Å². The Morgan fingerprint density at radius 2 is 1.64 bits per heavy atom. The maximum Gasteiger partial charge on any atom is 0.227 e. The van der Waals surface area contributed by atoms with Crippen LogP contribution in [0.3, 0.4) is 0 Å². The molecule has 0 aliphatic carbocycles. The van der Waals surface area contributed by atoms with E-state index >= 15 is 0 Å². The molecule has 2 aromatic rings. The van der Waals surface area contributed by atoms with Crippen LogP contribution in [0.1, 0.15) is 18.4 Å². The van der Waals surface area contributed by atoms with Crippen molar-refractivity contribution in [2.75, 3.05) is 44.2 Å². The minimum atomic E-state index is 0.111. The summed E-state index contributed by atoms with van der Waals surface area (Å²) in [5, 5.41) is 0.813. The molecule has 2 aliphatic heterocycles. The van der Waals surface area contributed by atoms with Gasteiger partial charge in [0.05, 0.1) is 5.92 Å². The maximum absolute atomic E-state index is 13.1. The summed E-state index contributed by atoms with van der Waals surface area (Å²) in [6.45, 7) is 6.14. The lowest BCUT2D eigenvalue weighted by molar-refractivity contribution is -0.137. The summed E-state index contributed by atoms with van der Waals surface area (Å²) < 4.78 is 0. The molecule has 0 aromatic heterocycles. The van der Waals surface area contributed by atoms with Gasteiger partial charge in [-0.2, -0.15) is 0 Å². The van der Waals surface area contributed by atoms with Gasteiger partial charge in [0.25, 0.3) is 0 Å². The molecule has 0 radical (unpaired) electrons. The summed E-state index contributed by atoms with van der Waals surface area (Å²) in [5.41, 5.74) is 2.40. The van der Waals surface area contributed by atoms with Gasteiger partial charge in [-0.05, 0) is 43.1 Å². The predicted octanol–water partition coefficient (Wildman–Crippen LogP) is 3.90. The lowest BCUT2D eigenvalue weighted by Gasteiger charge is -2.39. The number of rotatable bonds is 4. The van der Waals surface area contributed by atoms with Gasteiger partial charge < -0.3 is 9.80 Å². The Bertz CT molecular complexity index is 789. The minimum absolute atomic E-state index is 0.111. The number of hydrogen-bond donors (Lipinski definition) is 0. The number of carbonyl (C=O) groups is 1. The molecule has 0 N–H and O–H groups in total. The van der Waals surface area contributed by atoms with Gasteiger partial charge >= 0.3 is 0 Å². The van der Waals surface area contributed by atoms with E-state index in [0.717, 1.165) is 69.2 Å². The van der Waals surface area contributed by atoms with Crippen LogP contribution in [0.2, 0.25) is 5.02 Å². The van der Waals surface area contributed by atoms with Gasteiger partial charge in [-0.25, -0.2) is 0 Å². The van der Waals surface area contributed by atoms with E-state index in [1.165, 1.54) is 5.69 Å². The molecule has 5 heteroatoms. The molecule has 2 fully saturated rings. The van der Waals surface area contributed by atoms with Gasteiger partial charge in [-0.1, -0.05) is 48.0 Å². The molecule has 4 nitrogen and oxygen atoms in total. The molecule has 148 valence electrons. The van der Waals surface area contributed by atoms with Crippen molar-refractivity contribution in [2.24, 2.45) is 5.92 Å². The standard InChI is InChI=1S/C23H28ClN3O/c24-22-11-5-4-7-19(22)17-25-12-6-8-20(18-25)23(28)27-15-13-26(14-16-27)21-9-2-1-3-10-21/h1-5,7,9-11,20H,6,8,12-18H2. The van der Waals surface area contributed by atoms with E-state index in [-0.39, 0.29) is 5.92 Å². The first-order chi connectivity index (χ1) is 13.7. The lowest BCUT2D eigenvalue weighted by Crippen LogP contribution is -2.52. The average molecular weight is 398 g/mol. The summed E-state index contributed by atoms with van der Waals surface area (Å²) in [7, 11) is 0. The third-order valence-electron chi connectivity index (χ3n) is 5.92. The van der Waals surface area contributed by atoms with Gasteiger partial charge in [0.2, 0.25) is 5.91 Å². The Kier molecular flexibility index (Phi) is 6.18. The second-order valence-corrected chi connectivity index (χ2v) is 8.22. The smallest absolute Gasteiger partial charge is 0.227 e. The molecule has 0 bridgehead atoms. The topological polar surface area (TPSA) is 26.8 Å². The van der Waals surface area contributed by atoms with Gasteiger partial charge in [0.1, 0.15) is 0 Å². The number of nitrogens with zero attached hydrogens (tertiary/aromatic N) is 3. The summed E-state index contributed by atoms with van der Waals surface area (Å²) >= 11 is 6.32. The summed E-state index contributed by atoms with van der Waals surface area (Å²) in [4.78, 5) is 19.9. The molecule has 2 aromatic carbocycles. The first-order valence-corrected chi connectivity index (χ1v) is 10.6. The van der Waals surface area contributed by atoms with E-state index < -0.39 is 0 Å². The number of piperazine rings is 1. The van der Waals surface area contributed by atoms with E-state index in [0.29, 0.717) is 5.91 Å². The molecular formula is C23H28ClN3O. The molecule has 1 unspecified atom stereocenters. The predicted molar refractivity (Wildman–Crippen MR) is 115 cm³/mol. The molecule has 28 heavy (non-hydrogen) atoms. The zero-order valence-corrected chi connectivity index (χ0v) is 17.0. The number of carbonyl (C=O) groups excluding carboxylic acids is 1. The van der Waals surface area contributed by atoms with Gasteiger partial charge in [-0.3, -0.25) is 9.69 Å². The highest BCUT2D eigenvalue weighted by Gasteiger charge is 2.31. The molecule has 0 spiro atoms. The monoisotopic (exact) mass is 397 g/mol. The fourth-order valence-corrected chi connectivity index (χ4v) is 4.55. The number of benzene rings is 2. The normalized spacial score (nSPS) is 21.0. The van der Waals surface area contributed by atoms with Crippen molar-refractivity contribution in [3.63, 3.8) is 0 Å². The van der Waals surface area contributed by atoms with Gasteiger partial charge in [-0.15, -0.1) is 0 Å². The number of halogens is 1. The fraction of sp³-hybridized carbons (Fsp3) is 0.435. The maximum atomic E-state index is 13.1. The van der Waals surface area contributed by atoms with Crippen LogP contribution >= 0.6 is 11.6 Å². The second-order valence-electron chi connectivity index (χ2n) is 7.81. The van der Waals surface area contributed by atoms with E-state index in [9.17, 15) is 4.79 Å². The number of piperidine rings is 1. The lowest BCUT2D eigenvalue weighted by atomic mass is 9.95. The van der Waals surface area contributed by atoms with Crippen molar-refractivity contribution in [3.05, 3.63) is 65.2 Å². The summed E-state index contributed by atoms with van der Waals surface area (Å²) in [5.74, 6) is 0.441. The van der Waals surface area contributed by atoms with E-state index in [4.69, 9.17) is 11.6 Å². The van der Waals surface area contributed by atoms with Crippen LogP contribution in [0.5, 0.6) is 0 Å². The fourth-order valence-electron chi connectivity index (χ4n) is 4.35. The minimum Gasteiger partial charge on any atom is -0.368 e. The van der Waals surface area contributed by atoms with Gasteiger partial charge in [0.15, 0.2) is 0 Å². The highest BCUT2D eigenvalue weighted by molar-refractivity contribution is 6.31. The highest BCUT2D eigenvalue weighted by Crippen LogP contribution is 2.24. The third-order valence-corrected chi connectivity index (χ3v) is 6.29. The Balaban J connectivity index is 1.32. The Hall–Kier alpha value is -2.04. The molecule has 2 aliphatic rings. The molecule has 2 saturated heterocycles. The van der Waals surface area contributed by atoms with Crippen LogP contribution in [0.4, 0.5) is 5.69 Å². The summed E-state index contributed by atoms with van der Waals surface area (Å²) in [6, 6.07) is 18.5. The van der Waals surface area contributed by atoms with E-state index in [2.05, 4.69) is 45.0 Å². The van der Waals surface area contributed by atoms with Crippen LogP contribution in [0, 0.1) is 5.92 Å². The van der Waals surface area contributed by atoms with Crippen LogP contribution in [-0.4, -0.2) is 55.0 Å². The van der Waals surface area contributed by atoms with Crippen molar-refractivity contribution in [1.29, 1.82) is 0 Å². The molecule has 1 atom stereocenters. The zero-order chi connectivity index (χ0) is 19.3. The van der Waals surface area contributed by atoms with Crippen molar-refractivity contribution < 1.29 is 4.79 Å². The molecule has 4 rings (SSSR count). The second kappa shape index (κ2) is 8.97. The van der Waals surface area contributed by atoms with Gasteiger partial charge in [0, 0.05) is 50.0 Å². The molecule has 1 amide bonds. The largest absolute Gasteiger partial charge is 0.368 e. The SMILES string of the molecule is O=C(C1CCCN(Cc2ccccc2Cl)C1)N1CCN(c2ccccc2)CC1. The van der Waals surface area contributed by atoms with Crippen LogP contribution in [0.15, 0.2) is 54.6 Å². The Morgan fingerprint density at radius 3 is 2.39 bits per heavy atom. The van der Waals surface area contributed by atoms with E-state index in [1.54, 1.807) is 0 Å². The number of likely N-dealkylation sites (tertiary alicyclic amines) is 1. The quantitative estimate of drug-likeness (QED) is 0.782. The van der Waals surface area contributed by atoms with Crippen molar-refractivity contribution >= 4 is 23.2 Å². The summed E-state index contributed by atoms with van der Waals surface area (Å²) in [6.07, 6.45) is 2.07. The third kappa shape index (κ3) is 4.50. The van der Waals surface area contributed by atoms with E-state index in [1.807, 2.05) is 24.3 Å². The average Bonchev–Trinajstić information content (AvgIpc) is 2.76. The molecule has 2 heterocycles. The van der Waals surface area contributed by atoms with Crippen molar-refractivity contribution in [2.45, 2.75) is 19.4 Å². The zero-order valence-electron chi connectivity index (χ0n) is 16.3. The Labute approximate surface area is 172 Å². The van der Waals surface area contributed by atoms with Crippen molar-refractivity contribution in [3.8, 4) is 0 Å². The molecular weight excluding hydrogens is 370 g/mol. The van der Waals surface area contributed by atoms with Crippen LogP contribution in [0.25, 0.3) is 0 Å². The number of hydrogen-bond acceptors (Lipinski definition) is 3.